The highest BCUT2D eigenvalue weighted by atomic mass is 35.5. The molecule has 0 saturated carbocycles. The number of hydrogen-bond donors (Lipinski definition) is 0. The Kier molecular flexibility index (Phi) is 9.12. The Morgan fingerprint density at radius 1 is 0.895 bits per heavy atom. The lowest BCUT2D eigenvalue weighted by molar-refractivity contribution is 0.0890. The molecule has 3 aromatic rings. The second-order valence-corrected chi connectivity index (χ2v) is 14.6. The highest BCUT2D eigenvalue weighted by Crippen LogP contribution is 2.52. The molecule has 204 valence electrons. The van der Waals surface area contributed by atoms with Gasteiger partial charge in [-0.25, -0.2) is 17.2 Å². The lowest BCUT2D eigenvalue weighted by Gasteiger charge is -2.56. The fourth-order valence-corrected chi connectivity index (χ4v) is 9.36. The predicted octanol–water partition coefficient (Wildman–Crippen LogP) is 6.50. The fraction of sp³-hybridized carbons (Fsp3) is 0.357. The van der Waals surface area contributed by atoms with Crippen molar-refractivity contribution in [3.05, 3.63) is 105 Å². The minimum Gasteiger partial charge on any atom is -0.309 e. The molecule has 1 unspecified atom stereocenters. The lowest BCUT2D eigenvalue weighted by atomic mass is 9.85. The van der Waals surface area contributed by atoms with E-state index in [1.54, 1.807) is 11.8 Å². The summed E-state index contributed by atoms with van der Waals surface area (Å²) in [6.07, 6.45) is 1.15. The second kappa shape index (κ2) is 11.8. The Labute approximate surface area is 237 Å². The summed E-state index contributed by atoms with van der Waals surface area (Å²) in [5, 5.41) is 0.150. The maximum atomic E-state index is 14.3. The highest BCUT2D eigenvalue weighted by molar-refractivity contribution is 8.02. The van der Waals surface area contributed by atoms with Gasteiger partial charge in [0.25, 0.3) is 0 Å². The Balaban J connectivity index is 1.76. The predicted molar refractivity (Wildman–Crippen MR) is 154 cm³/mol. The summed E-state index contributed by atoms with van der Waals surface area (Å²) in [6, 6.07) is 18.0. The van der Waals surface area contributed by atoms with Crippen LogP contribution in [0.25, 0.3) is 0 Å². The lowest BCUT2D eigenvalue weighted by Crippen LogP contribution is -2.64. The van der Waals surface area contributed by atoms with E-state index in [0.29, 0.717) is 28.9 Å². The number of nitrogens with zero attached hydrogens (tertiary/aromatic N) is 2. The molecule has 0 radical (unpaired) electrons. The van der Waals surface area contributed by atoms with Crippen LogP contribution < -0.4 is 0 Å². The summed E-state index contributed by atoms with van der Waals surface area (Å²) in [6.45, 7) is 1.53. The molecular weight excluding hydrogens is 569 g/mol. The van der Waals surface area contributed by atoms with Crippen molar-refractivity contribution < 1.29 is 17.2 Å². The van der Waals surface area contributed by atoms with E-state index >= 15 is 0 Å². The Bertz CT molecular complexity index is 1300. The third-order valence-corrected chi connectivity index (χ3v) is 10.4. The fourth-order valence-electron chi connectivity index (χ4n) is 5.16. The zero-order valence-corrected chi connectivity index (χ0v) is 24.5. The van der Waals surface area contributed by atoms with Gasteiger partial charge in [0, 0.05) is 47.8 Å². The summed E-state index contributed by atoms with van der Waals surface area (Å²) in [7, 11) is 0.164. The van der Waals surface area contributed by atoms with Crippen LogP contribution >= 0.6 is 35.0 Å². The van der Waals surface area contributed by atoms with Crippen LogP contribution in [0.2, 0.25) is 10.0 Å². The number of benzene rings is 3. The molecule has 1 atom stereocenters. The van der Waals surface area contributed by atoms with Crippen LogP contribution in [0, 0.1) is 11.6 Å². The first-order chi connectivity index (χ1) is 17.9. The largest absolute Gasteiger partial charge is 0.309 e. The molecule has 10 heteroatoms. The molecular formula is C28H30Cl2F2N2O2S2. The summed E-state index contributed by atoms with van der Waals surface area (Å²) < 4.78 is 54.3. The molecule has 4 nitrogen and oxygen atoms in total. The van der Waals surface area contributed by atoms with Gasteiger partial charge >= 0.3 is 0 Å². The van der Waals surface area contributed by atoms with E-state index < -0.39 is 31.5 Å². The topological polar surface area (TPSA) is 40.6 Å². The van der Waals surface area contributed by atoms with Crippen LogP contribution in [0.1, 0.15) is 28.0 Å². The Morgan fingerprint density at radius 3 is 1.79 bits per heavy atom. The van der Waals surface area contributed by atoms with Gasteiger partial charge in [-0.05, 0) is 67.2 Å². The maximum absolute atomic E-state index is 14.3. The van der Waals surface area contributed by atoms with Crippen LogP contribution in [-0.2, 0) is 9.84 Å². The zero-order valence-electron chi connectivity index (χ0n) is 21.4. The van der Waals surface area contributed by atoms with Crippen LogP contribution in [0.15, 0.2) is 66.7 Å². The number of sulfone groups is 1. The molecule has 1 aliphatic heterocycles. The molecule has 1 heterocycles. The third-order valence-electron chi connectivity index (χ3n) is 6.70. The molecule has 0 spiro atoms. The van der Waals surface area contributed by atoms with Gasteiger partial charge < -0.3 is 4.90 Å². The van der Waals surface area contributed by atoms with Crippen molar-refractivity contribution in [3.63, 3.8) is 0 Å². The van der Waals surface area contributed by atoms with Crippen molar-refractivity contribution in [3.8, 4) is 0 Å². The summed E-state index contributed by atoms with van der Waals surface area (Å²) in [4.78, 5) is 4.22. The number of likely N-dealkylation sites (tertiary alicyclic amines) is 1. The van der Waals surface area contributed by atoms with Gasteiger partial charge in [-0.3, -0.25) is 4.90 Å². The molecule has 1 fully saturated rings. The van der Waals surface area contributed by atoms with Gasteiger partial charge in [-0.15, -0.1) is 11.8 Å². The van der Waals surface area contributed by atoms with Crippen molar-refractivity contribution in [1.29, 1.82) is 0 Å². The molecule has 0 aromatic heterocycles. The van der Waals surface area contributed by atoms with Crippen LogP contribution in [-0.4, -0.2) is 68.7 Å². The average molecular weight is 600 g/mol. The van der Waals surface area contributed by atoms with Crippen molar-refractivity contribution in [1.82, 2.24) is 9.80 Å². The SMILES string of the molecule is CN(C)CCSC1(C(c2cc(F)cc(F)c2)S(C)(=O)=O)CN(C(c2ccc(Cl)cc2)c2ccc(Cl)cc2)C1. The highest BCUT2D eigenvalue weighted by Gasteiger charge is 2.55. The minimum absolute atomic E-state index is 0.136. The number of halogens is 4. The van der Waals surface area contributed by atoms with Gasteiger partial charge in [-0.1, -0.05) is 47.5 Å². The van der Waals surface area contributed by atoms with Crippen LogP contribution in [0.3, 0.4) is 0 Å². The first-order valence-corrected chi connectivity index (χ1v) is 15.8. The monoisotopic (exact) mass is 598 g/mol. The van der Waals surface area contributed by atoms with Crippen molar-refractivity contribution in [2.75, 3.05) is 45.7 Å². The first-order valence-electron chi connectivity index (χ1n) is 12.1. The molecule has 3 aromatic carbocycles. The smallest absolute Gasteiger partial charge is 0.155 e. The number of hydrogen-bond acceptors (Lipinski definition) is 5. The Hall–Kier alpha value is -1.68. The molecule has 38 heavy (non-hydrogen) atoms. The van der Waals surface area contributed by atoms with Crippen molar-refractivity contribution >= 4 is 44.8 Å². The van der Waals surface area contributed by atoms with E-state index in [0.717, 1.165) is 42.1 Å². The molecule has 4 rings (SSSR count). The van der Waals surface area contributed by atoms with Crippen molar-refractivity contribution in [2.45, 2.75) is 16.0 Å². The van der Waals surface area contributed by atoms with E-state index in [1.165, 1.54) is 0 Å². The summed E-state index contributed by atoms with van der Waals surface area (Å²) in [5.74, 6) is -0.922. The Morgan fingerprint density at radius 2 is 1.37 bits per heavy atom. The van der Waals surface area contributed by atoms with Gasteiger partial charge in [0.15, 0.2) is 9.84 Å². The molecule has 1 aliphatic rings. The van der Waals surface area contributed by atoms with Crippen LogP contribution in [0.5, 0.6) is 0 Å². The average Bonchev–Trinajstić information content (AvgIpc) is 2.78. The van der Waals surface area contributed by atoms with E-state index in [4.69, 9.17) is 23.2 Å². The molecule has 0 bridgehead atoms. The first kappa shape index (κ1) is 29.3. The van der Waals surface area contributed by atoms with Gasteiger partial charge in [0.1, 0.15) is 16.9 Å². The standard InChI is InChI=1S/C28H30Cl2F2N2O2S2/c1-33(2)12-13-37-28(27(38(3,35)36)21-14-24(31)16-25(32)15-21)17-34(18-28)26(19-4-8-22(29)9-5-19)20-6-10-23(30)11-7-20/h4-11,14-16,26-27H,12-13,17-18H2,1-3H3. The third kappa shape index (κ3) is 6.72. The molecule has 1 saturated heterocycles. The minimum atomic E-state index is -3.74. The zero-order chi connectivity index (χ0) is 27.7. The quantitative estimate of drug-likeness (QED) is 0.266. The number of thioether (sulfide) groups is 1. The van der Waals surface area contributed by atoms with Crippen molar-refractivity contribution in [2.24, 2.45) is 0 Å². The molecule has 0 amide bonds. The molecule has 0 aliphatic carbocycles. The van der Waals surface area contributed by atoms with E-state index in [2.05, 4.69) is 4.90 Å². The van der Waals surface area contributed by atoms with Crippen LogP contribution in [0.4, 0.5) is 8.78 Å². The van der Waals surface area contributed by atoms with E-state index in [9.17, 15) is 17.2 Å². The molecule has 0 N–H and O–H groups in total. The van der Waals surface area contributed by atoms with Gasteiger partial charge in [-0.2, -0.15) is 0 Å². The van der Waals surface area contributed by atoms with Gasteiger partial charge in [0.2, 0.25) is 0 Å². The van der Waals surface area contributed by atoms with E-state index in [-0.39, 0.29) is 11.6 Å². The second-order valence-electron chi connectivity index (χ2n) is 10.0. The number of rotatable bonds is 10. The normalized spacial score (nSPS) is 16.6. The van der Waals surface area contributed by atoms with E-state index in [1.807, 2.05) is 67.5 Å². The summed E-state index contributed by atoms with van der Waals surface area (Å²) in [5.41, 5.74) is 2.13. The maximum Gasteiger partial charge on any atom is 0.155 e. The summed E-state index contributed by atoms with van der Waals surface area (Å²) >= 11 is 13.9. The van der Waals surface area contributed by atoms with Gasteiger partial charge in [0.05, 0.1) is 10.8 Å².